The van der Waals surface area contributed by atoms with Gasteiger partial charge >= 0.3 is 5.97 Å². The maximum absolute atomic E-state index is 12.5. The summed E-state index contributed by atoms with van der Waals surface area (Å²) < 4.78 is 0. The Morgan fingerprint density at radius 3 is 2.09 bits per heavy atom. The Labute approximate surface area is 137 Å². The van der Waals surface area contributed by atoms with Crippen molar-refractivity contribution in [3.05, 3.63) is 0 Å². The Hall–Kier alpha value is -1.47. The second-order valence-electron chi connectivity index (χ2n) is 7.25. The molecule has 0 saturated carbocycles. The van der Waals surface area contributed by atoms with E-state index in [0.29, 0.717) is 0 Å². The lowest BCUT2D eigenvalue weighted by Crippen LogP contribution is -2.53. The van der Waals surface area contributed by atoms with Crippen LogP contribution in [0.5, 0.6) is 0 Å². The van der Waals surface area contributed by atoms with Crippen LogP contribution in [0, 0.1) is 17.3 Å². The summed E-state index contributed by atoms with van der Waals surface area (Å²) in [7, 11) is 0. The molecule has 23 heavy (non-hydrogen) atoms. The zero-order valence-electron chi connectivity index (χ0n) is 14.9. The topological polar surface area (TPSA) is 119 Å². The highest BCUT2D eigenvalue weighted by Gasteiger charge is 2.38. The number of amides is 1. The minimum Gasteiger partial charge on any atom is -0.381 e. The third-order valence-corrected chi connectivity index (χ3v) is 3.62. The lowest BCUT2D eigenvalue weighted by Gasteiger charge is -2.32. The van der Waals surface area contributed by atoms with Gasteiger partial charge in [0.15, 0.2) is 11.9 Å². The maximum atomic E-state index is 12.5. The fraction of sp³-hybridized carbons (Fsp3) is 0.812. The van der Waals surface area contributed by atoms with Gasteiger partial charge < -0.3 is 15.3 Å². The van der Waals surface area contributed by atoms with Gasteiger partial charge in [0.1, 0.15) is 0 Å². The Morgan fingerprint density at radius 1 is 1.22 bits per heavy atom. The Morgan fingerprint density at radius 2 is 1.74 bits per heavy atom. The van der Waals surface area contributed by atoms with Crippen molar-refractivity contribution in [3.8, 4) is 0 Å². The van der Waals surface area contributed by atoms with Crippen LogP contribution in [-0.2, 0) is 19.2 Å². The van der Waals surface area contributed by atoms with E-state index in [0.717, 1.165) is 0 Å². The van der Waals surface area contributed by atoms with Crippen LogP contribution in [0.3, 0.4) is 0 Å². The number of nitrogens with two attached hydrogens (primary N) is 1. The first-order valence-electron chi connectivity index (χ1n) is 7.87. The summed E-state index contributed by atoms with van der Waals surface area (Å²) in [6, 6.07) is -0.698. The summed E-state index contributed by atoms with van der Waals surface area (Å²) in [6.07, 6.45) is -1.12. The second-order valence-corrected chi connectivity index (χ2v) is 7.25. The standard InChI is InChI=1S/C16H30N2O5/c1-7-11(19)13(16(4,5)6)18-14(21)10(8-9(2)3)12(20)15(22)23-17/h9-10,12-13,20H,7-8,17H2,1-6H3,(H,18,21)/t10-,12+,13-/m1/s1. The largest absolute Gasteiger partial charge is 0.381 e. The predicted octanol–water partition coefficient (Wildman–Crippen LogP) is 0.937. The summed E-state index contributed by atoms with van der Waals surface area (Å²) in [6.45, 7) is 11.0. The van der Waals surface area contributed by atoms with Crippen LogP contribution >= 0.6 is 0 Å². The van der Waals surface area contributed by atoms with E-state index in [1.807, 2.05) is 34.6 Å². The molecule has 7 heteroatoms. The lowest BCUT2D eigenvalue weighted by atomic mass is 9.82. The van der Waals surface area contributed by atoms with E-state index in [-0.39, 0.29) is 24.5 Å². The van der Waals surface area contributed by atoms with E-state index in [4.69, 9.17) is 5.90 Å². The Bertz CT molecular complexity index is 429. The first kappa shape index (κ1) is 21.5. The van der Waals surface area contributed by atoms with Gasteiger partial charge in [0.25, 0.3) is 0 Å². The van der Waals surface area contributed by atoms with Gasteiger partial charge in [0.05, 0.1) is 12.0 Å². The smallest absolute Gasteiger partial charge is 0.354 e. The summed E-state index contributed by atoms with van der Waals surface area (Å²) in [4.78, 5) is 40.2. The summed E-state index contributed by atoms with van der Waals surface area (Å²) in [5.41, 5.74) is -0.482. The number of Topliss-reactive ketones (excluding diaryl/α,β-unsaturated/α-hetero) is 1. The first-order valence-corrected chi connectivity index (χ1v) is 7.87. The number of nitrogens with one attached hydrogen (secondary N) is 1. The van der Waals surface area contributed by atoms with Crippen molar-refractivity contribution in [2.45, 2.75) is 66.5 Å². The monoisotopic (exact) mass is 330 g/mol. The van der Waals surface area contributed by atoms with Gasteiger partial charge in [-0.05, 0) is 17.8 Å². The fourth-order valence-electron chi connectivity index (χ4n) is 2.35. The first-order chi connectivity index (χ1) is 10.4. The molecule has 0 aliphatic rings. The summed E-state index contributed by atoms with van der Waals surface area (Å²) in [5, 5.41) is 12.7. The van der Waals surface area contributed by atoms with Crippen molar-refractivity contribution in [1.82, 2.24) is 5.32 Å². The number of carbonyl (C=O) groups excluding carboxylic acids is 3. The SMILES string of the molecule is CCC(=O)[C@@H](NC(=O)[C@H](CC(C)C)[C@H](O)C(=O)ON)C(C)(C)C. The van der Waals surface area contributed by atoms with Crippen molar-refractivity contribution in [1.29, 1.82) is 0 Å². The van der Waals surface area contributed by atoms with Crippen LogP contribution in [0.4, 0.5) is 0 Å². The van der Waals surface area contributed by atoms with E-state index in [1.165, 1.54) is 0 Å². The minimum atomic E-state index is -1.67. The number of aliphatic hydroxyl groups is 1. The van der Waals surface area contributed by atoms with E-state index >= 15 is 0 Å². The molecule has 0 saturated heterocycles. The molecule has 0 heterocycles. The van der Waals surface area contributed by atoms with Gasteiger partial charge in [0, 0.05) is 6.42 Å². The molecular weight excluding hydrogens is 300 g/mol. The molecule has 0 rings (SSSR count). The number of aliphatic hydroxyl groups excluding tert-OH is 1. The average Bonchev–Trinajstić information content (AvgIpc) is 2.46. The molecule has 0 aliphatic heterocycles. The zero-order chi connectivity index (χ0) is 18.4. The van der Waals surface area contributed by atoms with Crippen molar-refractivity contribution in [3.63, 3.8) is 0 Å². The molecule has 0 spiro atoms. The molecular formula is C16H30N2O5. The third-order valence-electron chi connectivity index (χ3n) is 3.62. The molecule has 0 aromatic carbocycles. The van der Waals surface area contributed by atoms with Gasteiger partial charge in [-0.15, -0.1) is 0 Å². The van der Waals surface area contributed by atoms with Crippen molar-refractivity contribution in [2.24, 2.45) is 23.1 Å². The number of ketones is 1. The molecule has 0 aromatic heterocycles. The van der Waals surface area contributed by atoms with Crippen LogP contribution in [-0.4, -0.2) is 34.9 Å². The van der Waals surface area contributed by atoms with E-state index in [1.54, 1.807) is 6.92 Å². The van der Waals surface area contributed by atoms with E-state index in [9.17, 15) is 19.5 Å². The number of rotatable bonds is 8. The molecule has 0 aromatic rings. The highest BCUT2D eigenvalue weighted by molar-refractivity contribution is 5.92. The number of carbonyl (C=O) groups is 3. The van der Waals surface area contributed by atoms with Crippen molar-refractivity contribution in [2.75, 3.05) is 0 Å². The van der Waals surface area contributed by atoms with Crippen molar-refractivity contribution < 1.29 is 24.3 Å². The minimum absolute atomic E-state index is 0.0564. The van der Waals surface area contributed by atoms with Crippen LogP contribution in [0.1, 0.15) is 54.4 Å². The maximum Gasteiger partial charge on any atom is 0.354 e. The normalized spacial score (nSPS) is 15.7. The molecule has 4 N–H and O–H groups in total. The third kappa shape index (κ3) is 6.66. The molecule has 0 bridgehead atoms. The van der Waals surface area contributed by atoms with Crippen LogP contribution in [0.25, 0.3) is 0 Å². The highest BCUT2D eigenvalue weighted by atomic mass is 16.7. The van der Waals surface area contributed by atoms with E-state index in [2.05, 4.69) is 10.2 Å². The van der Waals surface area contributed by atoms with Gasteiger partial charge in [-0.2, -0.15) is 5.90 Å². The Kier molecular flexibility index (Phi) is 8.41. The highest BCUT2D eigenvalue weighted by Crippen LogP contribution is 2.23. The number of hydrogen-bond donors (Lipinski definition) is 3. The van der Waals surface area contributed by atoms with Crippen LogP contribution in [0.2, 0.25) is 0 Å². The van der Waals surface area contributed by atoms with Gasteiger partial charge in [-0.3, -0.25) is 9.59 Å². The van der Waals surface area contributed by atoms with Gasteiger partial charge in [-0.1, -0.05) is 41.5 Å². The van der Waals surface area contributed by atoms with Crippen LogP contribution < -0.4 is 11.2 Å². The Balaban J connectivity index is 5.35. The van der Waals surface area contributed by atoms with Crippen LogP contribution in [0.15, 0.2) is 0 Å². The molecule has 0 fully saturated rings. The summed E-state index contributed by atoms with van der Waals surface area (Å²) >= 11 is 0. The molecule has 0 unspecified atom stereocenters. The van der Waals surface area contributed by atoms with E-state index < -0.39 is 35.4 Å². The van der Waals surface area contributed by atoms with Gasteiger partial charge in [0.2, 0.25) is 5.91 Å². The fourth-order valence-corrected chi connectivity index (χ4v) is 2.35. The van der Waals surface area contributed by atoms with Gasteiger partial charge in [-0.25, -0.2) is 4.79 Å². The predicted molar refractivity (Wildman–Crippen MR) is 85.9 cm³/mol. The van der Waals surface area contributed by atoms with Crippen molar-refractivity contribution >= 4 is 17.7 Å². The molecule has 7 nitrogen and oxygen atoms in total. The average molecular weight is 330 g/mol. The second kappa shape index (κ2) is 8.98. The summed E-state index contributed by atoms with van der Waals surface area (Å²) in [5.74, 6) is 2.08. The number of hydrogen-bond acceptors (Lipinski definition) is 6. The zero-order valence-corrected chi connectivity index (χ0v) is 14.9. The molecule has 1 amide bonds. The molecule has 134 valence electrons. The lowest BCUT2D eigenvalue weighted by molar-refractivity contribution is -0.160. The molecule has 0 aliphatic carbocycles. The molecule has 3 atom stereocenters. The molecule has 0 radical (unpaired) electrons. The quantitative estimate of drug-likeness (QED) is 0.570.